The molecule has 0 aromatic carbocycles. The van der Waals surface area contributed by atoms with Crippen molar-refractivity contribution >= 4 is 22.1 Å². The van der Waals surface area contributed by atoms with Gasteiger partial charge in [-0.15, -0.1) is 0 Å². The Morgan fingerprint density at radius 2 is 1.87 bits per heavy atom. The number of rotatable bonds is 9. The van der Waals surface area contributed by atoms with E-state index in [1.807, 2.05) is 0 Å². The molecule has 5 atom stereocenters. The average Bonchev–Trinajstić information content (AvgIpc) is 3.17. The van der Waals surface area contributed by atoms with Gasteiger partial charge in [-0.1, -0.05) is 0 Å². The molecule has 2 bridgehead atoms. The third-order valence-corrected chi connectivity index (χ3v) is 6.86. The number of alkyl halides is 4. The van der Waals surface area contributed by atoms with Crippen LogP contribution < -0.4 is 0 Å². The smallest absolute Gasteiger partial charge is 0.431 e. The van der Waals surface area contributed by atoms with Crippen LogP contribution in [0.25, 0.3) is 0 Å². The van der Waals surface area contributed by atoms with E-state index in [4.69, 9.17) is 18.8 Å². The maximum Gasteiger partial charge on any atom is 0.431 e. The lowest BCUT2D eigenvalue weighted by Gasteiger charge is -2.29. The second-order valence-electron chi connectivity index (χ2n) is 8.59. The molecule has 5 unspecified atom stereocenters. The predicted octanol–water partition coefficient (Wildman–Crippen LogP) is 2.17. The minimum absolute atomic E-state index is 0.00536. The number of hydrogen-bond donors (Lipinski definition) is 1. The molecule has 13 heteroatoms. The summed E-state index contributed by atoms with van der Waals surface area (Å²) < 4.78 is 98.5. The Bertz CT molecular complexity index is 828. The summed E-state index contributed by atoms with van der Waals surface area (Å²) in [7, 11) is -6.32. The zero-order valence-corrected chi connectivity index (χ0v) is 17.0. The molecule has 3 fully saturated rings. The molecule has 1 N–H and O–H groups in total. The van der Waals surface area contributed by atoms with Crippen molar-refractivity contribution in [2.45, 2.75) is 68.5 Å². The molecule has 2 aliphatic carbocycles. The molecule has 1 saturated heterocycles. The summed E-state index contributed by atoms with van der Waals surface area (Å²) in [5.41, 5.74) is -1.38. The van der Waals surface area contributed by atoms with E-state index in [2.05, 4.69) is 0 Å². The number of hydrogen-bond acceptors (Lipinski definition) is 7. The predicted molar refractivity (Wildman–Crippen MR) is 90.2 cm³/mol. The number of carbonyl (C=O) groups excluding carboxylic acids is 2. The highest BCUT2D eigenvalue weighted by Gasteiger charge is 2.65. The summed E-state index contributed by atoms with van der Waals surface area (Å²) in [4.78, 5) is 24.0. The molecule has 3 aliphatic rings. The number of fused-ring (bicyclic) bond motifs is 1. The fourth-order valence-electron chi connectivity index (χ4n) is 4.45. The van der Waals surface area contributed by atoms with E-state index in [0.29, 0.717) is 6.42 Å². The topological polar surface area (TPSA) is 116 Å². The van der Waals surface area contributed by atoms with Crippen molar-refractivity contribution in [2.24, 2.45) is 17.8 Å². The molecule has 3 rings (SSSR count). The minimum atomic E-state index is -6.32. The van der Waals surface area contributed by atoms with Gasteiger partial charge in [-0.25, -0.2) is 0 Å². The van der Waals surface area contributed by atoms with E-state index in [1.165, 1.54) is 13.8 Å². The lowest BCUT2D eigenvalue weighted by atomic mass is 9.88. The molecule has 2 saturated carbocycles. The van der Waals surface area contributed by atoms with E-state index in [0.717, 1.165) is 6.42 Å². The van der Waals surface area contributed by atoms with E-state index >= 15 is 0 Å². The summed E-state index contributed by atoms with van der Waals surface area (Å²) in [6.07, 6.45) is -1.88. The van der Waals surface area contributed by atoms with Crippen molar-refractivity contribution in [3.8, 4) is 0 Å². The monoisotopic (exact) mass is 462 g/mol. The van der Waals surface area contributed by atoms with E-state index in [1.54, 1.807) is 0 Å². The average molecular weight is 462 g/mol. The van der Waals surface area contributed by atoms with Gasteiger partial charge in [0.15, 0.2) is 0 Å². The largest absolute Gasteiger partial charge is 0.458 e. The Balaban J connectivity index is 1.50. The van der Waals surface area contributed by atoms with Crippen molar-refractivity contribution < 1.29 is 54.3 Å². The van der Waals surface area contributed by atoms with Crippen LogP contribution in [-0.2, 0) is 33.9 Å². The number of halogens is 4. The highest BCUT2D eigenvalue weighted by molar-refractivity contribution is 7.87. The fraction of sp³-hybridized carbons (Fsp3) is 0.882. The first kappa shape index (κ1) is 23.2. The van der Waals surface area contributed by atoms with Gasteiger partial charge in [0.1, 0.15) is 12.2 Å². The fourth-order valence-corrected chi connectivity index (χ4v) is 4.93. The van der Waals surface area contributed by atoms with Gasteiger partial charge >= 0.3 is 33.2 Å². The Morgan fingerprint density at radius 1 is 1.23 bits per heavy atom. The summed E-state index contributed by atoms with van der Waals surface area (Å²) in [5, 5.41) is -5.68. The van der Waals surface area contributed by atoms with Crippen LogP contribution in [0.1, 0.15) is 39.5 Å². The van der Waals surface area contributed by atoms with Gasteiger partial charge in [-0.3, -0.25) is 14.1 Å². The van der Waals surface area contributed by atoms with Crippen LogP contribution >= 0.6 is 0 Å². The van der Waals surface area contributed by atoms with Crippen molar-refractivity contribution in [2.75, 3.05) is 6.61 Å². The molecule has 0 aromatic heterocycles. The molecule has 1 heterocycles. The van der Waals surface area contributed by atoms with E-state index in [9.17, 15) is 35.6 Å². The van der Waals surface area contributed by atoms with Gasteiger partial charge in [-0.2, -0.15) is 26.0 Å². The van der Waals surface area contributed by atoms with Crippen LogP contribution in [0.5, 0.6) is 0 Å². The molecule has 0 amide bonds. The van der Waals surface area contributed by atoms with Gasteiger partial charge in [0.05, 0.1) is 24.5 Å². The second-order valence-corrected chi connectivity index (χ2v) is 10.1. The maximum absolute atomic E-state index is 13.5. The quantitative estimate of drug-likeness (QED) is 0.315. The molecular formula is C17H22F4O8S. The zero-order chi connectivity index (χ0) is 22.7. The Morgan fingerprint density at radius 3 is 2.47 bits per heavy atom. The molecule has 0 radical (unpaired) electrons. The Labute approximate surface area is 170 Å². The molecular weight excluding hydrogens is 440 g/mol. The first-order valence-corrected chi connectivity index (χ1v) is 10.8. The van der Waals surface area contributed by atoms with Crippen LogP contribution in [0.4, 0.5) is 17.6 Å². The lowest BCUT2D eigenvalue weighted by molar-refractivity contribution is -0.180. The van der Waals surface area contributed by atoms with Crippen molar-refractivity contribution in [1.29, 1.82) is 0 Å². The van der Waals surface area contributed by atoms with Crippen LogP contribution in [0.15, 0.2) is 0 Å². The SMILES string of the molecule is CC(C)(CC(=O)OC1C2CC3C(=O)OC1C3C2)OCCC(F)(F)C(F)(F)S(=O)(=O)O. The highest BCUT2D eigenvalue weighted by Crippen LogP contribution is 2.55. The number of ether oxygens (including phenoxy) is 3. The molecule has 1 aliphatic heterocycles. The third kappa shape index (κ3) is 4.03. The third-order valence-electron chi connectivity index (χ3n) is 5.91. The maximum atomic E-state index is 13.5. The van der Waals surface area contributed by atoms with Crippen molar-refractivity contribution in [3.05, 3.63) is 0 Å². The van der Waals surface area contributed by atoms with Gasteiger partial charge in [0, 0.05) is 18.3 Å². The second kappa shape index (κ2) is 7.30. The van der Waals surface area contributed by atoms with Gasteiger partial charge in [-0.05, 0) is 26.7 Å². The van der Waals surface area contributed by atoms with Crippen LogP contribution in [0, 0.1) is 17.8 Å². The normalized spacial score (nSPS) is 31.2. The highest BCUT2D eigenvalue weighted by atomic mass is 32.2. The molecule has 0 spiro atoms. The molecule has 172 valence electrons. The Kier molecular flexibility index (Phi) is 5.64. The van der Waals surface area contributed by atoms with Gasteiger partial charge in [0.25, 0.3) is 0 Å². The first-order valence-electron chi connectivity index (χ1n) is 9.32. The zero-order valence-electron chi connectivity index (χ0n) is 16.1. The first-order chi connectivity index (χ1) is 13.6. The summed E-state index contributed by atoms with van der Waals surface area (Å²) in [6.45, 7) is 1.69. The minimum Gasteiger partial charge on any atom is -0.458 e. The van der Waals surface area contributed by atoms with Crippen LogP contribution in [0.2, 0.25) is 0 Å². The summed E-state index contributed by atoms with van der Waals surface area (Å²) in [6, 6.07) is 0. The van der Waals surface area contributed by atoms with Crippen LogP contribution in [-0.4, -0.2) is 60.5 Å². The van der Waals surface area contributed by atoms with Crippen LogP contribution in [0.3, 0.4) is 0 Å². The standard InChI is InChI=1S/C17H22F4O8S/c1-15(2,27-4-3-16(18,19)17(20,21)30(24,25)26)7-11(22)28-12-8-5-9-10(6-8)14(23)29-13(9)12/h8-10,12-13H,3-7H2,1-2H3,(H,24,25,26). The summed E-state index contributed by atoms with van der Waals surface area (Å²) in [5.74, 6) is -6.23. The lowest BCUT2D eigenvalue weighted by Crippen LogP contribution is -2.47. The van der Waals surface area contributed by atoms with Gasteiger partial charge in [0.2, 0.25) is 0 Å². The molecule has 8 nitrogen and oxygen atoms in total. The van der Waals surface area contributed by atoms with Crippen molar-refractivity contribution in [1.82, 2.24) is 0 Å². The number of carbonyl (C=O) groups is 2. The van der Waals surface area contributed by atoms with E-state index in [-0.39, 0.29) is 23.7 Å². The van der Waals surface area contributed by atoms with Crippen molar-refractivity contribution in [3.63, 3.8) is 0 Å². The summed E-state index contributed by atoms with van der Waals surface area (Å²) >= 11 is 0. The molecule has 30 heavy (non-hydrogen) atoms. The Hall–Kier alpha value is -1.47. The molecule has 0 aromatic rings. The van der Waals surface area contributed by atoms with Gasteiger partial charge < -0.3 is 14.2 Å². The number of esters is 2. The van der Waals surface area contributed by atoms with E-state index < -0.39 is 64.5 Å².